The van der Waals surface area contributed by atoms with Gasteiger partial charge in [0.1, 0.15) is 0 Å². The van der Waals surface area contributed by atoms with Gasteiger partial charge in [0.2, 0.25) is 0 Å². The molecular weight excluding hydrogens is 122 g/mol. The maximum atomic E-state index is 5.82. The highest BCUT2D eigenvalue weighted by atomic mass is 14.7. The Morgan fingerprint density at radius 3 is 2.00 bits per heavy atom. The predicted octanol–water partition coefficient (Wildman–Crippen LogP) is 1.38. The maximum Gasteiger partial charge on any atom is -0.00177 e. The zero-order valence-corrected chi connectivity index (χ0v) is 6.34. The second-order valence-electron chi connectivity index (χ2n) is 4.66. The van der Waals surface area contributed by atoms with Crippen LogP contribution >= 0.6 is 0 Å². The first kappa shape index (κ1) is 5.59. The fourth-order valence-electron chi connectivity index (χ4n) is 4.01. The van der Waals surface area contributed by atoms with E-state index in [0.717, 1.165) is 24.3 Å². The van der Waals surface area contributed by atoms with E-state index in [2.05, 4.69) is 0 Å². The van der Waals surface area contributed by atoms with Crippen molar-refractivity contribution in [3.05, 3.63) is 0 Å². The Morgan fingerprint density at radius 2 is 1.80 bits per heavy atom. The molecule has 0 aromatic carbocycles. The van der Waals surface area contributed by atoms with Crippen LogP contribution in [0.15, 0.2) is 0 Å². The van der Waals surface area contributed by atoms with Crippen molar-refractivity contribution in [3.63, 3.8) is 0 Å². The first-order valence-corrected chi connectivity index (χ1v) is 4.54. The van der Waals surface area contributed by atoms with Crippen LogP contribution in [-0.2, 0) is 0 Å². The van der Waals surface area contributed by atoms with Crippen molar-refractivity contribution in [2.45, 2.75) is 25.7 Å². The minimum Gasteiger partial charge on any atom is -0.330 e. The molecule has 56 valence electrons. The molecule has 4 aliphatic rings. The van der Waals surface area contributed by atoms with Gasteiger partial charge in [-0.2, -0.15) is 0 Å². The van der Waals surface area contributed by atoms with Crippen molar-refractivity contribution >= 4 is 0 Å². The lowest BCUT2D eigenvalue weighted by Gasteiger charge is -2.26. The van der Waals surface area contributed by atoms with E-state index in [4.69, 9.17) is 5.73 Å². The zero-order valence-electron chi connectivity index (χ0n) is 6.34. The van der Waals surface area contributed by atoms with Gasteiger partial charge in [-0.15, -0.1) is 0 Å². The fourth-order valence-corrected chi connectivity index (χ4v) is 4.01. The molecular formula is C9H15N. The van der Waals surface area contributed by atoms with Gasteiger partial charge in [0.05, 0.1) is 0 Å². The molecule has 1 heteroatoms. The number of hydrogen-bond donors (Lipinski definition) is 1. The van der Waals surface area contributed by atoms with Gasteiger partial charge >= 0.3 is 0 Å². The largest absolute Gasteiger partial charge is 0.330 e. The minimum atomic E-state index is 0.662. The van der Waals surface area contributed by atoms with Crippen LogP contribution in [0.25, 0.3) is 0 Å². The van der Waals surface area contributed by atoms with Crippen molar-refractivity contribution in [2.75, 3.05) is 6.54 Å². The summed E-state index contributed by atoms with van der Waals surface area (Å²) in [6, 6.07) is 0. The van der Waals surface area contributed by atoms with Crippen LogP contribution in [0.1, 0.15) is 25.7 Å². The zero-order chi connectivity index (χ0) is 6.77. The molecule has 0 heterocycles. The molecule has 2 N–H and O–H groups in total. The van der Waals surface area contributed by atoms with Gasteiger partial charge in [-0.25, -0.2) is 0 Å². The lowest BCUT2D eigenvalue weighted by Crippen LogP contribution is -2.29. The lowest BCUT2D eigenvalue weighted by molar-refractivity contribution is 0.257. The Balaban J connectivity index is 2.04. The van der Waals surface area contributed by atoms with E-state index >= 15 is 0 Å². The average molecular weight is 137 g/mol. The van der Waals surface area contributed by atoms with Gasteiger partial charge in [-0.3, -0.25) is 0 Å². The first-order valence-electron chi connectivity index (χ1n) is 4.54. The van der Waals surface area contributed by atoms with Gasteiger partial charge in [-0.05, 0) is 55.4 Å². The van der Waals surface area contributed by atoms with E-state index in [0.29, 0.717) is 5.41 Å². The van der Waals surface area contributed by atoms with Crippen LogP contribution in [-0.4, -0.2) is 6.54 Å². The summed E-state index contributed by atoms with van der Waals surface area (Å²) in [7, 11) is 0. The van der Waals surface area contributed by atoms with Gasteiger partial charge in [0.25, 0.3) is 0 Å². The standard InChI is InChI=1S/C9H15N/c10-5-9-3-6-1-8(9)2-7(6)4-9/h6-8H,1-5,10H2. The lowest BCUT2D eigenvalue weighted by atomic mass is 9.81. The Kier molecular flexibility index (Phi) is 0.797. The molecule has 10 heavy (non-hydrogen) atoms. The summed E-state index contributed by atoms with van der Waals surface area (Å²) < 4.78 is 0. The second-order valence-corrected chi connectivity index (χ2v) is 4.66. The molecule has 4 aliphatic carbocycles. The van der Waals surface area contributed by atoms with E-state index in [1.165, 1.54) is 25.7 Å². The third-order valence-electron chi connectivity index (χ3n) is 4.45. The third-order valence-corrected chi connectivity index (χ3v) is 4.45. The van der Waals surface area contributed by atoms with Gasteiger partial charge in [0, 0.05) is 0 Å². The molecule has 0 aliphatic heterocycles. The summed E-state index contributed by atoms with van der Waals surface area (Å²) in [5, 5.41) is 0. The van der Waals surface area contributed by atoms with Crippen LogP contribution in [0.4, 0.5) is 0 Å². The van der Waals surface area contributed by atoms with Gasteiger partial charge < -0.3 is 5.73 Å². The molecule has 2 atom stereocenters. The monoisotopic (exact) mass is 137 g/mol. The molecule has 0 saturated heterocycles. The predicted molar refractivity (Wildman–Crippen MR) is 40.4 cm³/mol. The molecule has 0 amide bonds. The molecule has 1 nitrogen and oxygen atoms in total. The molecule has 0 spiro atoms. The second kappa shape index (κ2) is 1.42. The smallest absolute Gasteiger partial charge is 0.00177 e. The minimum absolute atomic E-state index is 0.662. The van der Waals surface area contributed by atoms with E-state index in [1.54, 1.807) is 0 Å². The van der Waals surface area contributed by atoms with Gasteiger partial charge in [-0.1, -0.05) is 0 Å². The SMILES string of the molecule is NCC12CC3CC1CC3C2. The van der Waals surface area contributed by atoms with E-state index < -0.39 is 0 Å². The molecule has 2 unspecified atom stereocenters. The number of hydrogen-bond acceptors (Lipinski definition) is 1. The summed E-state index contributed by atoms with van der Waals surface area (Å²) in [5.74, 6) is 3.26. The Labute approximate surface area is 62.0 Å². The summed E-state index contributed by atoms with van der Waals surface area (Å²) in [6.45, 7) is 0.977. The average Bonchev–Trinajstić information content (AvgIpc) is 2.53. The van der Waals surface area contributed by atoms with Crippen LogP contribution in [0, 0.1) is 23.2 Å². The summed E-state index contributed by atoms with van der Waals surface area (Å²) in [5.41, 5.74) is 6.49. The topological polar surface area (TPSA) is 26.0 Å². The quantitative estimate of drug-likeness (QED) is 0.580. The molecule has 4 bridgehead atoms. The fraction of sp³-hybridized carbons (Fsp3) is 1.00. The highest BCUT2D eigenvalue weighted by Gasteiger charge is 2.61. The van der Waals surface area contributed by atoms with Crippen molar-refractivity contribution in [3.8, 4) is 0 Å². The normalized spacial score (nSPS) is 62.7. The maximum absolute atomic E-state index is 5.82. The van der Waals surface area contributed by atoms with Crippen molar-refractivity contribution in [1.29, 1.82) is 0 Å². The summed E-state index contributed by atoms with van der Waals surface area (Å²) >= 11 is 0. The molecule has 0 aromatic rings. The van der Waals surface area contributed by atoms with Crippen LogP contribution < -0.4 is 5.73 Å². The van der Waals surface area contributed by atoms with Crippen molar-refractivity contribution in [2.24, 2.45) is 28.9 Å². The van der Waals surface area contributed by atoms with Crippen LogP contribution in [0.5, 0.6) is 0 Å². The van der Waals surface area contributed by atoms with Gasteiger partial charge in [0.15, 0.2) is 0 Å². The van der Waals surface area contributed by atoms with Crippen LogP contribution in [0.2, 0.25) is 0 Å². The molecule has 4 saturated carbocycles. The Morgan fingerprint density at radius 1 is 1.20 bits per heavy atom. The number of nitrogens with two attached hydrogens (primary N) is 1. The van der Waals surface area contributed by atoms with E-state index in [9.17, 15) is 0 Å². The van der Waals surface area contributed by atoms with E-state index in [1.807, 2.05) is 0 Å². The van der Waals surface area contributed by atoms with Crippen molar-refractivity contribution < 1.29 is 0 Å². The van der Waals surface area contributed by atoms with Crippen LogP contribution in [0.3, 0.4) is 0 Å². The highest BCUT2D eigenvalue weighted by Crippen LogP contribution is 2.69. The summed E-state index contributed by atoms with van der Waals surface area (Å²) in [4.78, 5) is 0. The molecule has 4 fully saturated rings. The Bertz CT molecular complexity index is 162. The Hall–Kier alpha value is -0.0400. The molecule has 4 rings (SSSR count). The highest BCUT2D eigenvalue weighted by molar-refractivity contribution is 5.12. The first-order chi connectivity index (χ1) is 4.84. The number of rotatable bonds is 1. The van der Waals surface area contributed by atoms with E-state index in [-0.39, 0.29) is 0 Å². The third kappa shape index (κ3) is 0.402. The van der Waals surface area contributed by atoms with Crippen molar-refractivity contribution in [1.82, 2.24) is 0 Å². The molecule has 0 radical (unpaired) electrons. The molecule has 0 aromatic heterocycles. The summed E-state index contributed by atoms with van der Waals surface area (Å²) in [6.07, 6.45) is 6.03.